The average molecular weight is 411 g/mol. The van der Waals surface area contributed by atoms with Gasteiger partial charge in [0.2, 0.25) is 0 Å². The summed E-state index contributed by atoms with van der Waals surface area (Å²) in [5.41, 5.74) is 0.376. The lowest BCUT2D eigenvalue weighted by Gasteiger charge is -2.16. The highest BCUT2D eigenvalue weighted by atomic mass is 32.2. The van der Waals surface area contributed by atoms with Crippen LogP contribution in [0.1, 0.15) is 11.5 Å². The molecule has 0 aliphatic heterocycles. The lowest BCUT2D eigenvalue weighted by molar-refractivity contribution is 0.490. The number of sulfonamides is 1. The summed E-state index contributed by atoms with van der Waals surface area (Å²) in [6.45, 7) is 2.31. The molecular weight excluding hydrogens is 393 g/mol. The summed E-state index contributed by atoms with van der Waals surface area (Å²) in [5.74, 6) is 2.16. The van der Waals surface area contributed by atoms with Gasteiger partial charge in [0.1, 0.15) is 17.3 Å². The van der Waals surface area contributed by atoms with Crippen LogP contribution in [0.2, 0.25) is 0 Å². The maximum atomic E-state index is 15.0. The molecule has 2 aromatic carbocycles. The predicted molar refractivity (Wildman–Crippen MR) is 110 cm³/mol. The molecule has 0 saturated carbocycles. The van der Waals surface area contributed by atoms with E-state index < -0.39 is 10.0 Å². The second-order valence-corrected chi connectivity index (χ2v) is 8.18. The SMILES string of the molecule is Cc1ccc(CNc2ccc3c(N(F)S(=O)(=O)c4ccccc4)cccc3n2)o1. The van der Waals surface area contributed by atoms with Crippen molar-refractivity contribution < 1.29 is 17.3 Å². The molecule has 0 saturated heterocycles. The van der Waals surface area contributed by atoms with E-state index in [2.05, 4.69) is 10.3 Å². The smallest absolute Gasteiger partial charge is 0.290 e. The Bertz CT molecular complexity index is 1260. The molecule has 0 aliphatic rings. The van der Waals surface area contributed by atoms with E-state index in [1.54, 1.807) is 42.5 Å². The van der Waals surface area contributed by atoms with Crippen LogP contribution in [0, 0.1) is 6.92 Å². The number of nitrogens with one attached hydrogen (secondary N) is 1. The summed E-state index contributed by atoms with van der Waals surface area (Å²) in [5, 5.41) is 3.52. The van der Waals surface area contributed by atoms with Crippen molar-refractivity contribution in [3.8, 4) is 0 Å². The van der Waals surface area contributed by atoms with E-state index in [1.807, 2.05) is 19.1 Å². The summed E-state index contributed by atoms with van der Waals surface area (Å²) in [4.78, 5) is 4.33. The minimum atomic E-state index is -4.33. The van der Waals surface area contributed by atoms with Gasteiger partial charge in [0.15, 0.2) is 0 Å². The zero-order chi connectivity index (χ0) is 20.4. The van der Waals surface area contributed by atoms with Crippen molar-refractivity contribution in [1.82, 2.24) is 4.98 Å². The number of fused-ring (bicyclic) bond motifs is 1. The van der Waals surface area contributed by atoms with Crippen molar-refractivity contribution in [3.63, 3.8) is 0 Å². The van der Waals surface area contributed by atoms with Gasteiger partial charge in [-0.15, -0.1) is 0 Å². The number of benzene rings is 2. The molecule has 0 fully saturated rings. The maximum absolute atomic E-state index is 15.0. The van der Waals surface area contributed by atoms with E-state index in [4.69, 9.17) is 4.42 Å². The average Bonchev–Trinajstić information content (AvgIpc) is 3.17. The molecule has 0 aliphatic carbocycles. The van der Waals surface area contributed by atoms with Crippen molar-refractivity contribution >= 4 is 32.4 Å². The summed E-state index contributed by atoms with van der Waals surface area (Å²) < 4.78 is 45.5. The summed E-state index contributed by atoms with van der Waals surface area (Å²) >= 11 is 0. The number of rotatable bonds is 6. The molecule has 4 rings (SSSR count). The quantitative estimate of drug-likeness (QED) is 0.460. The lowest BCUT2D eigenvalue weighted by Crippen LogP contribution is -2.22. The van der Waals surface area contributed by atoms with Crippen molar-refractivity contribution in [2.45, 2.75) is 18.4 Å². The molecule has 0 bridgehead atoms. The molecule has 1 N–H and O–H groups in total. The molecule has 4 aromatic rings. The number of anilines is 2. The number of pyridine rings is 1. The van der Waals surface area contributed by atoms with Gasteiger partial charge in [0, 0.05) is 5.39 Å². The monoisotopic (exact) mass is 411 g/mol. The fraction of sp³-hybridized carbons (Fsp3) is 0.0952. The zero-order valence-electron chi connectivity index (χ0n) is 15.5. The van der Waals surface area contributed by atoms with Crippen LogP contribution in [0.25, 0.3) is 10.9 Å². The fourth-order valence-corrected chi connectivity index (χ4v) is 4.07. The minimum Gasteiger partial charge on any atom is -0.465 e. The Kier molecular flexibility index (Phi) is 4.94. The van der Waals surface area contributed by atoms with Crippen LogP contribution in [0.3, 0.4) is 0 Å². The first kappa shape index (κ1) is 18.9. The Labute approximate surface area is 167 Å². The fourth-order valence-electron chi connectivity index (χ4n) is 2.96. The summed E-state index contributed by atoms with van der Waals surface area (Å²) in [6.07, 6.45) is 0. The van der Waals surface area contributed by atoms with Crippen LogP contribution >= 0.6 is 0 Å². The van der Waals surface area contributed by atoms with E-state index in [0.717, 1.165) is 11.5 Å². The molecule has 0 amide bonds. The summed E-state index contributed by atoms with van der Waals surface area (Å²) in [6, 6.07) is 19.2. The van der Waals surface area contributed by atoms with E-state index in [-0.39, 0.29) is 15.1 Å². The van der Waals surface area contributed by atoms with Gasteiger partial charge < -0.3 is 9.73 Å². The number of aryl methyl sites for hydroxylation is 1. The molecule has 0 spiro atoms. The normalized spacial score (nSPS) is 11.5. The lowest BCUT2D eigenvalue weighted by atomic mass is 10.2. The Morgan fingerprint density at radius 3 is 2.52 bits per heavy atom. The van der Waals surface area contributed by atoms with E-state index >= 15 is 0 Å². The number of hydrogen-bond donors (Lipinski definition) is 1. The van der Waals surface area contributed by atoms with Gasteiger partial charge >= 0.3 is 0 Å². The molecular formula is C21H18FN3O3S. The highest BCUT2D eigenvalue weighted by Gasteiger charge is 2.26. The van der Waals surface area contributed by atoms with Gasteiger partial charge in [-0.05, 0) is 55.5 Å². The van der Waals surface area contributed by atoms with E-state index in [9.17, 15) is 12.9 Å². The maximum Gasteiger partial charge on any atom is 0.290 e. The van der Waals surface area contributed by atoms with Gasteiger partial charge in [-0.1, -0.05) is 33.3 Å². The van der Waals surface area contributed by atoms with Gasteiger partial charge in [0.25, 0.3) is 10.0 Å². The van der Waals surface area contributed by atoms with Crippen molar-refractivity contribution in [1.29, 1.82) is 0 Å². The molecule has 0 radical (unpaired) electrons. The third kappa shape index (κ3) is 3.79. The second kappa shape index (κ2) is 7.56. The van der Waals surface area contributed by atoms with E-state index in [0.29, 0.717) is 23.3 Å². The van der Waals surface area contributed by atoms with Crippen LogP contribution in [0.5, 0.6) is 0 Å². The Hall–Kier alpha value is -3.39. The van der Waals surface area contributed by atoms with Crippen LogP contribution in [0.4, 0.5) is 16.0 Å². The first-order chi connectivity index (χ1) is 13.9. The van der Waals surface area contributed by atoms with Crippen LogP contribution in [-0.4, -0.2) is 13.4 Å². The Morgan fingerprint density at radius 1 is 1.00 bits per heavy atom. The number of halogens is 1. The molecule has 8 heteroatoms. The van der Waals surface area contributed by atoms with Gasteiger partial charge in [-0.25, -0.2) is 4.98 Å². The van der Waals surface area contributed by atoms with Crippen LogP contribution < -0.4 is 9.84 Å². The minimum absolute atomic E-state index is 0.0907. The highest BCUT2D eigenvalue weighted by molar-refractivity contribution is 7.92. The summed E-state index contributed by atoms with van der Waals surface area (Å²) in [7, 11) is -4.33. The first-order valence-corrected chi connectivity index (χ1v) is 10.3. The topological polar surface area (TPSA) is 75.4 Å². The number of hydrogen-bond acceptors (Lipinski definition) is 5. The number of furan rings is 1. The zero-order valence-corrected chi connectivity index (χ0v) is 16.4. The largest absolute Gasteiger partial charge is 0.465 e. The first-order valence-electron chi connectivity index (χ1n) is 8.90. The van der Waals surface area contributed by atoms with E-state index in [1.165, 1.54) is 18.2 Å². The molecule has 29 heavy (non-hydrogen) atoms. The molecule has 2 heterocycles. The highest BCUT2D eigenvalue weighted by Crippen LogP contribution is 2.31. The molecule has 148 valence electrons. The van der Waals surface area contributed by atoms with Gasteiger partial charge in [-0.3, -0.25) is 0 Å². The van der Waals surface area contributed by atoms with Gasteiger partial charge in [0.05, 0.1) is 22.6 Å². The Balaban J connectivity index is 1.64. The number of aromatic nitrogens is 1. The van der Waals surface area contributed by atoms with Crippen molar-refractivity contribution in [2.24, 2.45) is 0 Å². The Morgan fingerprint density at radius 2 is 1.79 bits per heavy atom. The van der Waals surface area contributed by atoms with Crippen LogP contribution in [0.15, 0.2) is 82.1 Å². The van der Waals surface area contributed by atoms with Crippen molar-refractivity contribution in [2.75, 3.05) is 9.84 Å². The third-order valence-corrected chi connectivity index (χ3v) is 5.88. The predicted octanol–water partition coefficient (Wildman–Crippen LogP) is 4.83. The number of nitrogens with zero attached hydrogens (tertiary/aromatic N) is 2. The van der Waals surface area contributed by atoms with Crippen LogP contribution in [-0.2, 0) is 16.6 Å². The van der Waals surface area contributed by atoms with Crippen molar-refractivity contribution in [3.05, 3.63) is 84.3 Å². The standard InChI is InChI=1S/C21H18FN3O3S/c1-15-10-11-16(28-15)14-23-21-13-12-18-19(24-21)8-5-9-20(18)25(22)29(26,27)17-6-3-2-4-7-17/h2-13H,14H2,1H3,(H,23,24). The third-order valence-electron chi connectivity index (χ3n) is 4.39. The van der Waals surface area contributed by atoms with Gasteiger partial charge in [-0.2, -0.15) is 8.42 Å². The molecule has 0 unspecified atom stereocenters. The molecule has 0 atom stereocenters. The second-order valence-electron chi connectivity index (χ2n) is 6.44. The molecule has 6 nitrogen and oxygen atoms in total. The molecule has 2 aromatic heterocycles.